The van der Waals surface area contributed by atoms with Gasteiger partial charge in [0.05, 0.1) is 5.02 Å². The van der Waals surface area contributed by atoms with Gasteiger partial charge in [-0.25, -0.2) is 4.39 Å². The second-order valence-corrected chi connectivity index (χ2v) is 3.92. The minimum atomic E-state index is -0.528. The molecule has 76 valence electrons. The van der Waals surface area contributed by atoms with Crippen LogP contribution in [0.15, 0.2) is 12.1 Å². The summed E-state index contributed by atoms with van der Waals surface area (Å²) in [5.41, 5.74) is 0.254. The van der Waals surface area contributed by atoms with Crippen molar-refractivity contribution in [2.24, 2.45) is 0 Å². The minimum absolute atomic E-state index is 0.0416. The van der Waals surface area contributed by atoms with E-state index in [4.69, 9.17) is 11.6 Å². The predicted octanol–water partition coefficient (Wildman–Crippen LogP) is 2.44. The van der Waals surface area contributed by atoms with Crippen molar-refractivity contribution < 1.29 is 9.50 Å². The van der Waals surface area contributed by atoms with Gasteiger partial charge in [0.25, 0.3) is 0 Å². The number of aromatic hydroxyl groups is 1. The number of phenols is 1. The van der Waals surface area contributed by atoms with Gasteiger partial charge in [0.1, 0.15) is 11.6 Å². The van der Waals surface area contributed by atoms with E-state index in [0.717, 1.165) is 12.8 Å². The number of hydrogen-bond acceptors (Lipinski definition) is 2. The molecule has 0 atom stereocenters. The van der Waals surface area contributed by atoms with Crippen molar-refractivity contribution in [3.05, 3.63) is 28.5 Å². The fraction of sp³-hybridized carbons (Fsp3) is 0.400. The molecule has 2 N–H and O–H groups in total. The number of nitrogens with one attached hydrogen (secondary N) is 1. The summed E-state index contributed by atoms with van der Waals surface area (Å²) in [5.74, 6) is -0.570. The van der Waals surface area contributed by atoms with Crippen molar-refractivity contribution in [1.29, 1.82) is 0 Å². The Labute approximate surface area is 86.7 Å². The van der Waals surface area contributed by atoms with Gasteiger partial charge in [0.2, 0.25) is 0 Å². The van der Waals surface area contributed by atoms with E-state index in [0.29, 0.717) is 12.6 Å². The third-order valence-electron chi connectivity index (χ3n) is 2.32. The molecule has 1 aromatic carbocycles. The largest absolute Gasteiger partial charge is 0.508 e. The average molecular weight is 216 g/mol. The first kappa shape index (κ1) is 9.74. The third kappa shape index (κ3) is 1.99. The Bertz CT molecular complexity index is 352. The minimum Gasteiger partial charge on any atom is -0.508 e. The highest BCUT2D eigenvalue weighted by Crippen LogP contribution is 2.27. The van der Waals surface area contributed by atoms with Crippen LogP contribution in [-0.4, -0.2) is 11.1 Å². The predicted molar refractivity (Wildman–Crippen MR) is 52.9 cm³/mol. The summed E-state index contributed by atoms with van der Waals surface area (Å²) in [6.07, 6.45) is 2.26. The van der Waals surface area contributed by atoms with E-state index in [2.05, 4.69) is 5.32 Å². The van der Waals surface area contributed by atoms with Gasteiger partial charge < -0.3 is 10.4 Å². The smallest absolute Gasteiger partial charge is 0.149 e. The number of halogens is 2. The van der Waals surface area contributed by atoms with Crippen LogP contribution in [0.25, 0.3) is 0 Å². The summed E-state index contributed by atoms with van der Waals surface area (Å²) < 4.78 is 13.4. The normalized spacial score (nSPS) is 15.9. The van der Waals surface area contributed by atoms with Crippen molar-refractivity contribution in [3.8, 4) is 5.75 Å². The summed E-state index contributed by atoms with van der Waals surface area (Å²) >= 11 is 5.60. The van der Waals surface area contributed by atoms with Crippen LogP contribution in [0, 0.1) is 5.82 Å². The maximum absolute atomic E-state index is 13.4. The first-order valence-electron chi connectivity index (χ1n) is 4.57. The first-order valence-corrected chi connectivity index (χ1v) is 4.95. The first-order chi connectivity index (χ1) is 6.68. The molecule has 0 aliphatic heterocycles. The zero-order valence-electron chi connectivity index (χ0n) is 7.56. The number of benzene rings is 1. The Balaban J connectivity index is 2.16. The van der Waals surface area contributed by atoms with Crippen molar-refractivity contribution in [2.75, 3.05) is 0 Å². The van der Waals surface area contributed by atoms with Gasteiger partial charge >= 0.3 is 0 Å². The van der Waals surface area contributed by atoms with Crippen LogP contribution in [0.2, 0.25) is 5.02 Å². The molecular weight excluding hydrogens is 205 g/mol. The second kappa shape index (κ2) is 3.75. The molecule has 0 unspecified atom stereocenters. The standard InChI is InChI=1S/C10H11ClFNO/c11-8-3-4-9(14)7(10(8)12)5-13-6-1-2-6/h3-4,6,13-14H,1-2,5H2. The van der Waals surface area contributed by atoms with Gasteiger partial charge in [0.15, 0.2) is 0 Å². The van der Waals surface area contributed by atoms with Gasteiger partial charge in [-0.3, -0.25) is 0 Å². The van der Waals surface area contributed by atoms with Crippen molar-refractivity contribution in [2.45, 2.75) is 25.4 Å². The molecule has 14 heavy (non-hydrogen) atoms. The fourth-order valence-corrected chi connectivity index (χ4v) is 1.46. The maximum Gasteiger partial charge on any atom is 0.149 e. The van der Waals surface area contributed by atoms with Crippen molar-refractivity contribution in [1.82, 2.24) is 5.32 Å². The Hall–Kier alpha value is -0.800. The van der Waals surface area contributed by atoms with Gasteiger partial charge in [-0.05, 0) is 25.0 Å². The molecule has 1 fully saturated rings. The number of hydrogen-bond donors (Lipinski definition) is 2. The molecule has 0 aromatic heterocycles. The molecule has 0 heterocycles. The quantitative estimate of drug-likeness (QED) is 0.812. The van der Waals surface area contributed by atoms with Gasteiger partial charge in [0, 0.05) is 18.2 Å². The molecule has 0 amide bonds. The zero-order chi connectivity index (χ0) is 10.1. The average Bonchev–Trinajstić information content (AvgIpc) is 2.95. The Morgan fingerprint density at radius 1 is 1.50 bits per heavy atom. The van der Waals surface area contributed by atoms with Crippen LogP contribution >= 0.6 is 11.6 Å². The molecule has 0 spiro atoms. The molecule has 1 aromatic rings. The molecule has 2 nitrogen and oxygen atoms in total. The van der Waals surface area contributed by atoms with Crippen molar-refractivity contribution in [3.63, 3.8) is 0 Å². The monoisotopic (exact) mass is 215 g/mol. The highest BCUT2D eigenvalue weighted by atomic mass is 35.5. The van der Waals surface area contributed by atoms with E-state index in [9.17, 15) is 9.50 Å². The Morgan fingerprint density at radius 2 is 2.21 bits per heavy atom. The van der Waals surface area contributed by atoms with E-state index in [1.807, 2.05) is 0 Å². The highest BCUT2D eigenvalue weighted by molar-refractivity contribution is 6.30. The second-order valence-electron chi connectivity index (χ2n) is 3.51. The summed E-state index contributed by atoms with van der Waals surface area (Å²) in [6, 6.07) is 3.25. The van der Waals surface area contributed by atoms with Crippen LogP contribution in [-0.2, 0) is 6.54 Å². The number of phenolic OH excluding ortho intramolecular Hbond substituents is 1. The molecule has 1 saturated carbocycles. The lowest BCUT2D eigenvalue weighted by molar-refractivity contribution is 0.453. The van der Waals surface area contributed by atoms with E-state index >= 15 is 0 Å². The topological polar surface area (TPSA) is 32.3 Å². The SMILES string of the molecule is Oc1ccc(Cl)c(F)c1CNC1CC1. The summed E-state index contributed by atoms with van der Waals surface area (Å²) in [4.78, 5) is 0. The lowest BCUT2D eigenvalue weighted by Crippen LogP contribution is -2.16. The molecule has 1 aliphatic rings. The molecular formula is C10H11ClFNO. The summed E-state index contributed by atoms with van der Waals surface area (Å²) in [5, 5.41) is 12.6. The van der Waals surface area contributed by atoms with Crippen LogP contribution in [0.4, 0.5) is 4.39 Å². The third-order valence-corrected chi connectivity index (χ3v) is 2.61. The van der Waals surface area contributed by atoms with E-state index in [-0.39, 0.29) is 16.3 Å². The highest BCUT2D eigenvalue weighted by Gasteiger charge is 2.21. The maximum atomic E-state index is 13.4. The van der Waals surface area contributed by atoms with Crippen LogP contribution < -0.4 is 5.32 Å². The Morgan fingerprint density at radius 3 is 2.86 bits per heavy atom. The molecule has 4 heteroatoms. The number of rotatable bonds is 3. The molecule has 1 aliphatic carbocycles. The fourth-order valence-electron chi connectivity index (χ4n) is 1.28. The van der Waals surface area contributed by atoms with Gasteiger partial charge in [-0.1, -0.05) is 11.6 Å². The van der Waals surface area contributed by atoms with E-state index < -0.39 is 5.82 Å². The lowest BCUT2D eigenvalue weighted by Gasteiger charge is -2.07. The van der Waals surface area contributed by atoms with Crippen LogP contribution in [0.1, 0.15) is 18.4 Å². The van der Waals surface area contributed by atoms with Crippen LogP contribution in [0.5, 0.6) is 5.75 Å². The van der Waals surface area contributed by atoms with Crippen LogP contribution in [0.3, 0.4) is 0 Å². The lowest BCUT2D eigenvalue weighted by atomic mass is 10.2. The summed E-state index contributed by atoms with van der Waals surface area (Å²) in [7, 11) is 0. The van der Waals surface area contributed by atoms with Gasteiger partial charge in [-0.2, -0.15) is 0 Å². The molecule has 0 saturated heterocycles. The molecule has 2 rings (SSSR count). The molecule has 0 bridgehead atoms. The van der Waals surface area contributed by atoms with E-state index in [1.165, 1.54) is 12.1 Å². The van der Waals surface area contributed by atoms with Crippen molar-refractivity contribution >= 4 is 11.6 Å². The molecule has 0 radical (unpaired) electrons. The Kier molecular flexibility index (Phi) is 2.61. The summed E-state index contributed by atoms with van der Waals surface area (Å²) in [6.45, 7) is 0.336. The van der Waals surface area contributed by atoms with Gasteiger partial charge in [-0.15, -0.1) is 0 Å². The zero-order valence-corrected chi connectivity index (χ0v) is 8.31. The van der Waals surface area contributed by atoms with E-state index in [1.54, 1.807) is 0 Å².